The molecule has 0 amide bonds. The van der Waals surface area contributed by atoms with Crippen molar-refractivity contribution in [2.75, 3.05) is 26.3 Å². The maximum atomic E-state index is 5.37. The van der Waals surface area contributed by atoms with Gasteiger partial charge in [-0.3, -0.25) is 4.90 Å². The normalized spacial score (nSPS) is 17.6. The fourth-order valence-corrected chi connectivity index (χ4v) is 2.03. The minimum atomic E-state index is -0.248. The van der Waals surface area contributed by atoms with Gasteiger partial charge in [0.05, 0.1) is 19.4 Å². The highest BCUT2D eigenvalue weighted by atomic mass is 16.6. The minimum absolute atomic E-state index is 0.248. The number of hydrogen-bond donors (Lipinski definition) is 0. The highest BCUT2D eigenvalue weighted by Gasteiger charge is 2.11. The van der Waals surface area contributed by atoms with Crippen molar-refractivity contribution in [2.24, 2.45) is 5.16 Å². The Morgan fingerprint density at radius 2 is 2.05 bits per heavy atom. The molecule has 2 rings (SSSR count). The Morgan fingerprint density at radius 1 is 1.30 bits per heavy atom. The molecule has 0 bridgehead atoms. The largest absolute Gasteiger partial charge is 0.390 e. The molecule has 1 fully saturated rings. The van der Waals surface area contributed by atoms with Crippen LogP contribution in [-0.2, 0) is 16.1 Å². The Bertz CT molecular complexity index is 446. The van der Waals surface area contributed by atoms with E-state index in [1.165, 1.54) is 5.56 Å². The van der Waals surface area contributed by atoms with Crippen molar-refractivity contribution >= 4 is 6.21 Å². The van der Waals surface area contributed by atoms with Crippen molar-refractivity contribution in [2.45, 2.75) is 32.9 Å². The lowest BCUT2D eigenvalue weighted by Gasteiger charge is -2.26. The van der Waals surface area contributed by atoms with Gasteiger partial charge in [0.25, 0.3) is 0 Å². The van der Waals surface area contributed by atoms with E-state index < -0.39 is 0 Å². The van der Waals surface area contributed by atoms with Gasteiger partial charge in [0, 0.05) is 19.6 Å². The summed E-state index contributed by atoms with van der Waals surface area (Å²) in [6.07, 6.45) is 1.77. The molecule has 1 aliphatic rings. The van der Waals surface area contributed by atoms with Crippen LogP contribution in [-0.4, -0.2) is 43.0 Å². The average molecular weight is 276 g/mol. The fourth-order valence-electron chi connectivity index (χ4n) is 2.03. The van der Waals surface area contributed by atoms with Crippen LogP contribution in [0.25, 0.3) is 0 Å². The summed E-state index contributed by atoms with van der Waals surface area (Å²) in [6.45, 7) is 10.6. The lowest BCUT2D eigenvalue weighted by Crippen LogP contribution is -2.35. The SMILES string of the molecule is CC(C)(C)O/N=C/c1cccc(CN2CCOCC2)c1. The molecule has 0 N–H and O–H groups in total. The number of oxime groups is 1. The molecule has 4 nitrogen and oxygen atoms in total. The third-order valence-corrected chi connectivity index (χ3v) is 2.99. The lowest BCUT2D eigenvalue weighted by atomic mass is 10.1. The first-order valence-electron chi connectivity index (χ1n) is 7.13. The summed E-state index contributed by atoms with van der Waals surface area (Å²) in [4.78, 5) is 7.77. The van der Waals surface area contributed by atoms with Gasteiger partial charge < -0.3 is 9.57 Å². The van der Waals surface area contributed by atoms with Gasteiger partial charge in [0.15, 0.2) is 0 Å². The predicted octanol–water partition coefficient (Wildman–Crippen LogP) is 2.67. The van der Waals surface area contributed by atoms with Crippen LogP contribution in [0.1, 0.15) is 31.9 Å². The van der Waals surface area contributed by atoms with E-state index >= 15 is 0 Å². The van der Waals surface area contributed by atoms with Crippen molar-refractivity contribution in [1.29, 1.82) is 0 Å². The Hall–Kier alpha value is -1.39. The van der Waals surface area contributed by atoms with Crippen molar-refractivity contribution in [1.82, 2.24) is 4.90 Å². The Kier molecular flexibility index (Phi) is 5.15. The van der Waals surface area contributed by atoms with Gasteiger partial charge in [0.2, 0.25) is 0 Å². The molecule has 1 aliphatic heterocycles. The summed E-state index contributed by atoms with van der Waals surface area (Å²) in [5.74, 6) is 0. The molecule has 0 saturated carbocycles. The zero-order valence-corrected chi connectivity index (χ0v) is 12.6. The monoisotopic (exact) mass is 276 g/mol. The highest BCUT2D eigenvalue weighted by molar-refractivity contribution is 5.79. The predicted molar refractivity (Wildman–Crippen MR) is 81.0 cm³/mol. The van der Waals surface area contributed by atoms with E-state index in [4.69, 9.17) is 9.57 Å². The van der Waals surface area contributed by atoms with Gasteiger partial charge in [-0.2, -0.15) is 0 Å². The van der Waals surface area contributed by atoms with Crippen molar-refractivity contribution in [3.63, 3.8) is 0 Å². The summed E-state index contributed by atoms with van der Waals surface area (Å²) in [5.41, 5.74) is 2.12. The number of nitrogens with zero attached hydrogens (tertiary/aromatic N) is 2. The summed E-state index contributed by atoms with van der Waals surface area (Å²) < 4.78 is 5.37. The fraction of sp³-hybridized carbons (Fsp3) is 0.562. The summed E-state index contributed by atoms with van der Waals surface area (Å²) in [5, 5.41) is 4.04. The molecule has 0 radical (unpaired) electrons. The molecule has 1 aromatic rings. The van der Waals surface area contributed by atoms with E-state index in [0.717, 1.165) is 38.4 Å². The maximum Gasteiger partial charge on any atom is 0.129 e. The van der Waals surface area contributed by atoms with Crippen LogP contribution in [0.5, 0.6) is 0 Å². The van der Waals surface area contributed by atoms with E-state index in [0.29, 0.717) is 0 Å². The number of ether oxygens (including phenoxy) is 1. The Labute approximate surface area is 121 Å². The van der Waals surface area contributed by atoms with Crippen LogP contribution in [0.2, 0.25) is 0 Å². The van der Waals surface area contributed by atoms with Crippen LogP contribution in [0, 0.1) is 0 Å². The second kappa shape index (κ2) is 6.86. The van der Waals surface area contributed by atoms with Gasteiger partial charge in [-0.05, 0) is 38.0 Å². The van der Waals surface area contributed by atoms with Crippen LogP contribution in [0.4, 0.5) is 0 Å². The van der Waals surface area contributed by atoms with Gasteiger partial charge in [0.1, 0.15) is 5.60 Å². The van der Waals surface area contributed by atoms with Crippen LogP contribution in [0.3, 0.4) is 0 Å². The van der Waals surface area contributed by atoms with E-state index in [1.54, 1.807) is 6.21 Å². The number of morpholine rings is 1. The lowest BCUT2D eigenvalue weighted by molar-refractivity contribution is 0.00199. The van der Waals surface area contributed by atoms with Crippen molar-refractivity contribution < 1.29 is 9.57 Å². The summed E-state index contributed by atoms with van der Waals surface area (Å²) >= 11 is 0. The van der Waals surface area contributed by atoms with Crippen LogP contribution < -0.4 is 0 Å². The molecule has 0 spiro atoms. The molecular formula is C16H24N2O2. The smallest absolute Gasteiger partial charge is 0.129 e. The molecule has 1 heterocycles. The van der Waals surface area contributed by atoms with E-state index in [9.17, 15) is 0 Å². The second-order valence-electron chi connectivity index (χ2n) is 6.07. The maximum absolute atomic E-state index is 5.37. The number of rotatable bonds is 4. The van der Waals surface area contributed by atoms with Gasteiger partial charge in [-0.15, -0.1) is 0 Å². The average Bonchev–Trinajstić information content (AvgIpc) is 2.39. The summed E-state index contributed by atoms with van der Waals surface area (Å²) in [7, 11) is 0. The first kappa shape index (κ1) is 15.0. The minimum Gasteiger partial charge on any atom is -0.390 e. The number of benzene rings is 1. The molecule has 1 saturated heterocycles. The molecule has 0 aromatic heterocycles. The molecule has 20 heavy (non-hydrogen) atoms. The second-order valence-corrected chi connectivity index (χ2v) is 6.07. The zero-order chi connectivity index (χ0) is 14.4. The van der Waals surface area contributed by atoms with Gasteiger partial charge in [-0.1, -0.05) is 23.4 Å². The highest BCUT2D eigenvalue weighted by Crippen LogP contribution is 2.10. The third-order valence-electron chi connectivity index (χ3n) is 2.99. The quantitative estimate of drug-likeness (QED) is 0.626. The van der Waals surface area contributed by atoms with Crippen molar-refractivity contribution in [3.05, 3.63) is 35.4 Å². The molecule has 0 atom stereocenters. The Morgan fingerprint density at radius 3 is 2.75 bits per heavy atom. The van der Waals surface area contributed by atoms with Crippen LogP contribution in [0.15, 0.2) is 29.4 Å². The molecular weight excluding hydrogens is 252 g/mol. The van der Waals surface area contributed by atoms with Gasteiger partial charge in [-0.25, -0.2) is 0 Å². The molecule has 4 heteroatoms. The van der Waals surface area contributed by atoms with Crippen LogP contribution >= 0.6 is 0 Å². The van der Waals surface area contributed by atoms with E-state index in [2.05, 4.69) is 28.3 Å². The molecule has 110 valence electrons. The van der Waals surface area contributed by atoms with E-state index in [-0.39, 0.29) is 5.60 Å². The standard InChI is InChI=1S/C16H24N2O2/c1-16(2,3)20-17-12-14-5-4-6-15(11-14)13-18-7-9-19-10-8-18/h4-6,11-12H,7-10,13H2,1-3H3/b17-12+. The van der Waals surface area contributed by atoms with Gasteiger partial charge >= 0.3 is 0 Å². The third kappa shape index (κ3) is 5.31. The topological polar surface area (TPSA) is 34.1 Å². The number of hydrogen-bond acceptors (Lipinski definition) is 4. The molecule has 0 unspecified atom stereocenters. The Balaban J connectivity index is 1.93. The molecule has 1 aromatic carbocycles. The first-order chi connectivity index (χ1) is 9.53. The first-order valence-corrected chi connectivity index (χ1v) is 7.13. The molecule has 0 aliphatic carbocycles. The van der Waals surface area contributed by atoms with Crippen molar-refractivity contribution in [3.8, 4) is 0 Å². The van der Waals surface area contributed by atoms with E-state index in [1.807, 2.05) is 26.8 Å². The zero-order valence-electron chi connectivity index (χ0n) is 12.6. The summed E-state index contributed by atoms with van der Waals surface area (Å²) in [6, 6.07) is 8.41.